The largest absolute Gasteiger partial charge is 0.339 e. The molecule has 34 heavy (non-hydrogen) atoms. The Balaban J connectivity index is 1.28. The molecule has 0 unspecified atom stereocenters. The van der Waals surface area contributed by atoms with Crippen LogP contribution in [-0.4, -0.2) is 34.2 Å². The van der Waals surface area contributed by atoms with E-state index in [1.807, 2.05) is 18.2 Å². The number of anilines is 1. The summed E-state index contributed by atoms with van der Waals surface area (Å²) in [5.74, 6) is 1.87. The molecule has 0 radical (unpaired) electrons. The summed E-state index contributed by atoms with van der Waals surface area (Å²) in [6, 6.07) is 12.7. The first-order valence-electron chi connectivity index (χ1n) is 12.1. The summed E-state index contributed by atoms with van der Waals surface area (Å²) in [5, 5.41) is 7.07. The fraction of sp³-hybridized carbons (Fsp3) is 0.444. The summed E-state index contributed by atoms with van der Waals surface area (Å²) in [5.41, 5.74) is 2.74. The number of amides is 2. The second-order valence-electron chi connectivity index (χ2n) is 10.1. The Labute approximate surface area is 199 Å². The Hall–Kier alpha value is -3.22. The quantitative estimate of drug-likeness (QED) is 0.472. The van der Waals surface area contributed by atoms with E-state index in [4.69, 9.17) is 4.52 Å². The maximum atomic E-state index is 14.8. The van der Waals surface area contributed by atoms with Crippen molar-refractivity contribution < 1.29 is 13.7 Å². The first-order valence-corrected chi connectivity index (χ1v) is 12.1. The lowest BCUT2D eigenvalue weighted by Gasteiger charge is -2.37. The van der Waals surface area contributed by atoms with Crippen LogP contribution in [0.2, 0.25) is 0 Å². The summed E-state index contributed by atoms with van der Waals surface area (Å²) in [4.78, 5) is 19.5. The number of carbonyl (C=O) groups is 1. The molecule has 5 rings (SSSR count). The molecule has 1 aromatic heterocycles. The van der Waals surface area contributed by atoms with Crippen LogP contribution in [0, 0.1) is 5.82 Å². The van der Waals surface area contributed by atoms with Crippen molar-refractivity contribution in [3.63, 3.8) is 0 Å². The molecule has 6 nitrogen and oxygen atoms in total. The highest BCUT2D eigenvalue weighted by atomic mass is 19.1. The van der Waals surface area contributed by atoms with Gasteiger partial charge in [0.15, 0.2) is 5.82 Å². The van der Waals surface area contributed by atoms with E-state index in [1.54, 1.807) is 11.0 Å². The summed E-state index contributed by atoms with van der Waals surface area (Å²) in [6.45, 7) is 7.49. The molecular formula is C27H31FN4O2. The van der Waals surface area contributed by atoms with Crippen molar-refractivity contribution in [1.29, 1.82) is 0 Å². The number of likely N-dealkylation sites (tertiary alicyclic amines) is 1. The molecule has 2 heterocycles. The van der Waals surface area contributed by atoms with Crippen LogP contribution >= 0.6 is 0 Å². The second-order valence-corrected chi connectivity index (χ2v) is 10.1. The average Bonchev–Trinajstić information content (AvgIpc) is 3.56. The van der Waals surface area contributed by atoms with Crippen LogP contribution in [0.3, 0.4) is 0 Å². The number of aromatic nitrogens is 2. The molecule has 1 N–H and O–H groups in total. The molecule has 178 valence electrons. The van der Waals surface area contributed by atoms with Gasteiger partial charge in [-0.3, -0.25) is 0 Å². The molecule has 0 atom stereocenters. The number of hydrogen-bond acceptors (Lipinski definition) is 4. The highest BCUT2D eigenvalue weighted by molar-refractivity contribution is 5.94. The molecule has 0 spiro atoms. The summed E-state index contributed by atoms with van der Waals surface area (Å²) < 4.78 is 20.3. The predicted octanol–water partition coefficient (Wildman–Crippen LogP) is 6.46. The van der Waals surface area contributed by atoms with E-state index in [0.717, 1.165) is 43.0 Å². The van der Waals surface area contributed by atoms with Gasteiger partial charge in [0, 0.05) is 30.0 Å². The molecule has 1 saturated heterocycles. The van der Waals surface area contributed by atoms with E-state index in [9.17, 15) is 9.18 Å². The zero-order chi connectivity index (χ0) is 23.9. The number of carbonyl (C=O) groups excluding carboxylic acids is 1. The minimum Gasteiger partial charge on any atom is -0.339 e. The van der Waals surface area contributed by atoms with Crippen LogP contribution in [0.4, 0.5) is 14.9 Å². The van der Waals surface area contributed by atoms with Gasteiger partial charge in [0.2, 0.25) is 5.89 Å². The van der Waals surface area contributed by atoms with Crippen molar-refractivity contribution >= 4 is 11.7 Å². The van der Waals surface area contributed by atoms with Gasteiger partial charge in [0.25, 0.3) is 0 Å². The van der Waals surface area contributed by atoms with Crippen LogP contribution in [-0.2, 0) is 5.41 Å². The van der Waals surface area contributed by atoms with E-state index < -0.39 is 5.82 Å². The van der Waals surface area contributed by atoms with Gasteiger partial charge in [-0.25, -0.2) is 9.18 Å². The van der Waals surface area contributed by atoms with Crippen LogP contribution in [0.1, 0.15) is 75.6 Å². The fourth-order valence-electron chi connectivity index (χ4n) is 4.53. The standard InChI is InChI=1S/C27H31FN4O2/c1-17(2)18-7-9-19(10-8-18)21-5-4-6-22(28)23(21)29-26(33)32-15-13-27(3,14-16-32)25-30-24(34-31-25)20-11-12-20/h4-10,17,20H,11-16H2,1-3H3,(H,29,33). The van der Waals surface area contributed by atoms with E-state index in [1.165, 1.54) is 11.6 Å². The SMILES string of the molecule is CC(C)c1ccc(-c2cccc(F)c2NC(=O)N2CCC(C)(c3noc(C4CC4)n3)CC2)cc1. The van der Waals surface area contributed by atoms with Gasteiger partial charge >= 0.3 is 6.03 Å². The van der Waals surface area contributed by atoms with Crippen molar-refractivity contribution in [2.45, 2.75) is 63.7 Å². The summed E-state index contributed by atoms with van der Waals surface area (Å²) in [7, 11) is 0. The highest BCUT2D eigenvalue weighted by Gasteiger charge is 2.39. The van der Waals surface area contributed by atoms with Gasteiger partial charge in [0.1, 0.15) is 5.82 Å². The first kappa shape index (κ1) is 22.6. The van der Waals surface area contributed by atoms with Gasteiger partial charge in [-0.1, -0.05) is 62.3 Å². The Kier molecular flexibility index (Phi) is 5.88. The lowest BCUT2D eigenvalue weighted by atomic mass is 9.80. The molecule has 7 heteroatoms. The summed E-state index contributed by atoms with van der Waals surface area (Å²) in [6.07, 6.45) is 3.69. The van der Waals surface area contributed by atoms with Crippen LogP contribution in [0.15, 0.2) is 47.0 Å². The van der Waals surface area contributed by atoms with Crippen LogP contribution < -0.4 is 5.32 Å². The highest BCUT2D eigenvalue weighted by Crippen LogP contribution is 2.41. The zero-order valence-electron chi connectivity index (χ0n) is 20.0. The molecule has 3 aromatic rings. The number of rotatable bonds is 5. The topological polar surface area (TPSA) is 71.3 Å². The molecule has 2 fully saturated rings. The van der Waals surface area contributed by atoms with Crippen molar-refractivity contribution in [1.82, 2.24) is 15.0 Å². The monoisotopic (exact) mass is 462 g/mol. The van der Waals surface area contributed by atoms with Gasteiger partial charge in [-0.05, 0) is 48.8 Å². The van der Waals surface area contributed by atoms with Crippen LogP contribution in [0.5, 0.6) is 0 Å². The molecule has 2 aromatic carbocycles. The third-order valence-corrected chi connectivity index (χ3v) is 7.20. The molecule has 1 aliphatic carbocycles. The number of urea groups is 1. The third kappa shape index (κ3) is 4.43. The van der Waals surface area contributed by atoms with Crippen molar-refractivity contribution in [3.8, 4) is 11.1 Å². The predicted molar refractivity (Wildman–Crippen MR) is 129 cm³/mol. The van der Waals surface area contributed by atoms with E-state index in [-0.39, 0.29) is 17.1 Å². The Morgan fingerprint density at radius 2 is 1.85 bits per heavy atom. The molecule has 2 aliphatic rings. The lowest BCUT2D eigenvalue weighted by Crippen LogP contribution is -2.46. The van der Waals surface area contributed by atoms with Gasteiger partial charge in [0.05, 0.1) is 5.69 Å². The summed E-state index contributed by atoms with van der Waals surface area (Å²) >= 11 is 0. The van der Waals surface area contributed by atoms with Crippen LogP contribution in [0.25, 0.3) is 11.1 Å². The fourth-order valence-corrected chi connectivity index (χ4v) is 4.53. The minimum atomic E-state index is -0.444. The molecular weight excluding hydrogens is 431 g/mol. The number of piperidine rings is 1. The number of halogens is 1. The Morgan fingerprint density at radius 1 is 1.15 bits per heavy atom. The normalized spacial score (nSPS) is 17.7. The Morgan fingerprint density at radius 3 is 2.50 bits per heavy atom. The molecule has 2 amide bonds. The van der Waals surface area contributed by atoms with Crippen molar-refractivity contribution in [2.75, 3.05) is 18.4 Å². The Bertz CT molecular complexity index is 1180. The smallest absolute Gasteiger partial charge is 0.321 e. The van der Waals surface area contributed by atoms with Crippen molar-refractivity contribution in [3.05, 3.63) is 65.6 Å². The van der Waals surface area contributed by atoms with Gasteiger partial charge < -0.3 is 14.7 Å². The minimum absolute atomic E-state index is 0.213. The second kappa shape index (κ2) is 8.85. The average molecular weight is 463 g/mol. The molecule has 0 bridgehead atoms. The number of nitrogens with one attached hydrogen (secondary N) is 1. The van der Waals surface area contributed by atoms with E-state index in [0.29, 0.717) is 30.5 Å². The van der Waals surface area contributed by atoms with Crippen molar-refractivity contribution in [2.24, 2.45) is 0 Å². The zero-order valence-corrected chi connectivity index (χ0v) is 20.0. The maximum Gasteiger partial charge on any atom is 0.321 e. The van der Waals surface area contributed by atoms with E-state index >= 15 is 0 Å². The van der Waals surface area contributed by atoms with E-state index in [2.05, 4.69) is 48.4 Å². The third-order valence-electron chi connectivity index (χ3n) is 7.20. The number of para-hydroxylation sites is 1. The number of nitrogens with zero attached hydrogens (tertiary/aromatic N) is 3. The van der Waals surface area contributed by atoms with Gasteiger partial charge in [-0.15, -0.1) is 0 Å². The molecule has 1 saturated carbocycles. The first-order chi connectivity index (χ1) is 16.3. The number of hydrogen-bond donors (Lipinski definition) is 1. The lowest BCUT2D eigenvalue weighted by molar-refractivity contribution is 0.169. The number of benzene rings is 2. The van der Waals surface area contributed by atoms with Gasteiger partial charge in [-0.2, -0.15) is 4.98 Å². The molecule has 1 aliphatic heterocycles. The maximum absolute atomic E-state index is 14.8.